The lowest BCUT2D eigenvalue weighted by molar-refractivity contribution is -0.119. The number of para-hydroxylation sites is 1. The number of benzene rings is 1. The lowest BCUT2D eigenvalue weighted by Gasteiger charge is -2.36. The molecule has 2 heterocycles. The first kappa shape index (κ1) is 25.7. The van der Waals surface area contributed by atoms with Crippen molar-refractivity contribution >= 4 is 41.5 Å². The van der Waals surface area contributed by atoms with Crippen molar-refractivity contribution in [1.29, 1.82) is 0 Å². The van der Waals surface area contributed by atoms with Gasteiger partial charge in [0.1, 0.15) is 0 Å². The second kappa shape index (κ2) is 13.8. The van der Waals surface area contributed by atoms with Crippen LogP contribution in [0.4, 0.5) is 5.69 Å². The Bertz CT molecular complexity index is 678. The Morgan fingerprint density at radius 2 is 1.87 bits per heavy atom. The van der Waals surface area contributed by atoms with Crippen molar-refractivity contribution in [1.82, 2.24) is 15.1 Å². The number of hydrogen-bond donors (Lipinski definition) is 2. The Balaban J connectivity index is 0.00000341. The van der Waals surface area contributed by atoms with Gasteiger partial charge >= 0.3 is 0 Å². The molecule has 0 saturated carbocycles. The van der Waals surface area contributed by atoms with Gasteiger partial charge < -0.3 is 20.9 Å². The maximum absolute atomic E-state index is 11.2. The molecule has 2 aliphatic rings. The van der Waals surface area contributed by atoms with Crippen LogP contribution in [-0.4, -0.2) is 81.1 Å². The summed E-state index contributed by atoms with van der Waals surface area (Å²) in [5, 5.41) is 3.51. The normalized spacial score (nSPS) is 20.3. The lowest BCUT2D eigenvalue weighted by atomic mass is 9.95. The van der Waals surface area contributed by atoms with Gasteiger partial charge in [-0.25, -0.2) is 0 Å². The number of carbonyl (C=O) groups is 1. The van der Waals surface area contributed by atoms with E-state index in [2.05, 4.69) is 55.3 Å². The zero-order valence-electron chi connectivity index (χ0n) is 18.8. The van der Waals surface area contributed by atoms with E-state index in [4.69, 9.17) is 5.73 Å². The second-order valence-corrected chi connectivity index (χ2v) is 8.47. The van der Waals surface area contributed by atoms with Gasteiger partial charge in [0.15, 0.2) is 5.96 Å². The molecule has 2 saturated heterocycles. The highest BCUT2D eigenvalue weighted by atomic mass is 127. The van der Waals surface area contributed by atoms with Gasteiger partial charge in [0, 0.05) is 65.0 Å². The molecule has 1 atom stereocenters. The van der Waals surface area contributed by atoms with E-state index in [1.165, 1.54) is 12.1 Å². The molecule has 2 fully saturated rings. The number of unbranched alkanes of at least 4 members (excludes halogenated alkanes) is 1. The highest BCUT2D eigenvalue weighted by Crippen LogP contribution is 2.19. The molecule has 1 aromatic carbocycles. The molecule has 0 aliphatic carbocycles. The summed E-state index contributed by atoms with van der Waals surface area (Å²) in [7, 11) is 1.84. The molecule has 1 unspecified atom stereocenters. The Kier molecular flexibility index (Phi) is 11.4. The van der Waals surface area contributed by atoms with Crippen molar-refractivity contribution in [3.63, 3.8) is 0 Å². The Labute approximate surface area is 204 Å². The summed E-state index contributed by atoms with van der Waals surface area (Å²) in [6, 6.07) is 10.7. The molecule has 1 aromatic rings. The van der Waals surface area contributed by atoms with Crippen LogP contribution in [0.25, 0.3) is 0 Å². The van der Waals surface area contributed by atoms with Crippen molar-refractivity contribution in [3.8, 4) is 0 Å². The zero-order chi connectivity index (χ0) is 21.2. The molecule has 7 nitrogen and oxygen atoms in total. The highest BCUT2D eigenvalue weighted by Gasteiger charge is 2.23. The molecular weight excluding hydrogens is 503 g/mol. The molecule has 0 bridgehead atoms. The number of guanidine groups is 1. The number of nitrogens with zero attached hydrogens (tertiary/aromatic N) is 4. The number of halogens is 1. The maximum Gasteiger partial charge on any atom is 0.217 e. The molecule has 8 heteroatoms. The number of nitrogens with one attached hydrogen (secondary N) is 1. The topological polar surface area (TPSA) is 77.2 Å². The second-order valence-electron chi connectivity index (χ2n) is 8.47. The van der Waals surface area contributed by atoms with Crippen LogP contribution < -0.4 is 16.0 Å². The monoisotopic (exact) mass is 542 g/mol. The average molecular weight is 543 g/mol. The third kappa shape index (κ3) is 8.48. The number of likely N-dealkylation sites (tertiary alicyclic amines) is 1. The summed E-state index contributed by atoms with van der Waals surface area (Å²) >= 11 is 0. The average Bonchev–Trinajstić information content (AvgIpc) is 2.77. The first-order valence-electron chi connectivity index (χ1n) is 11.4. The minimum atomic E-state index is -0.200. The first-order chi connectivity index (χ1) is 14.7. The number of primary amides is 1. The maximum atomic E-state index is 11.2. The fraction of sp³-hybridized carbons (Fsp3) is 0.652. The van der Waals surface area contributed by atoms with E-state index in [-0.39, 0.29) is 29.9 Å². The van der Waals surface area contributed by atoms with Gasteiger partial charge in [0.25, 0.3) is 0 Å². The Morgan fingerprint density at radius 3 is 2.55 bits per heavy atom. The van der Waals surface area contributed by atoms with E-state index in [9.17, 15) is 4.79 Å². The lowest BCUT2D eigenvalue weighted by Crippen LogP contribution is -2.47. The van der Waals surface area contributed by atoms with E-state index in [1.54, 1.807) is 0 Å². The molecule has 31 heavy (non-hydrogen) atoms. The highest BCUT2D eigenvalue weighted by molar-refractivity contribution is 14.0. The van der Waals surface area contributed by atoms with Gasteiger partial charge in [-0.3, -0.25) is 14.7 Å². The van der Waals surface area contributed by atoms with Crippen molar-refractivity contribution < 1.29 is 4.79 Å². The van der Waals surface area contributed by atoms with Crippen LogP contribution in [0.2, 0.25) is 0 Å². The molecule has 1 amide bonds. The summed E-state index contributed by atoms with van der Waals surface area (Å²) in [5.74, 6) is 1.11. The molecule has 174 valence electrons. The fourth-order valence-corrected chi connectivity index (χ4v) is 4.57. The van der Waals surface area contributed by atoms with Crippen molar-refractivity contribution in [2.45, 2.75) is 32.1 Å². The van der Waals surface area contributed by atoms with E-state index in [0.29, 0.717) is 12.3 Å². The van der Waals surface area contributed by atoms with Crippen molar-refractivity contribution in [2.24, 2.45) is 16.6 Å². The van der Waals surface area contributed by atoms with Crippen LogP contribution in [-0.2, 0) is 4.79 Å². The van der Waals surface area contributed by atoms with Gasteiger partial charge in [0.05, 0.1) is 0 Å². The summed E-state index contributed by atoms with van der Waals surface area (Å²) in [6.45, 7) is 8.46. The van der Waals surface area contributed by atoms with Crippen LogP contribution >= 0.6 is 24.0 Å². The van der Waals surface area contributed by atoms with E-state index in [0.717, 1.165) is 77.6 Å². The van der Waals surface area contributed by atoms with Crippen LogP contribution in [0, 0.1) is 5.92 Å². The third-order valence-corrected chi connectivity index (χ3v) is 6.20. The van der Waals surface area contributed by atoms with Crippen LogP contribution in [0.1, 0.15) is 32.1 Å². The fourth-order valence-electron chi connectivity index (χ4n) is 4.57. The van der Waals surface area contributed by atoms with Gasteiger partial charge in [-0.15, -0.1) is 24.0 Å². The number of amides is 1. The summed E-state index contributed by atoms with van der Waals surface area (Å²) in [5.41, 5.74) is 6.72. The number of carbonyl (C=O) groups excluding carboxylic acids is 1. The summed E-state index contributed by atoms with van der Waals surface area (Å²) < 4.78 is 0. The summed E-state index contributed by atoms with van der Waals surface area (Å²) in [4.78, 5) is 23.0. The first-order valence-corrected chi connectivity index (χ1v) is 11.4. The minimum Gasteiger partial charge on any atom is -0.370 e. The quantitative estimate of drug-likeness (QED) is 0.228. The van der Waals surface area contributed by atoms with Crippen molar-refractivity contribution in [2.75, 3.05) is 64.3 Å². The SMILES string of the molecule is CN=C(NCCCCN1CCN(c2ccccc2)CC1)N1CCCC(CC(N)=O)C1.I. The smallest absolute Gasteiger partial charge is 0.217 e. The molecule has 3 N–H and O–H groups in total. The van der Waals surface area contributed by atoms with Crippen LogP contribution in [0.15, 0.2) is 35.3 Å². The van der Waals surface area contributed by atoms with Gasteiger partial charge in [-0.05, 0) is 50.3 Å². The number of piperazine rings is 1. The predicted molar refractivity (Wildman–Crippen MR) is 139 cm³/mol. The standard InChI is InChI=1S/C23H38N6O.HI/c1-25-23(29-13-7-8-20(19-29)18-22(24)30)26-11-5-6-12-27-14-16-28(17-15-27)21-9-3-2-4-10-21;/h2-4,9-10,20H,5-8,11-19H2,1H3,(H2,24,30)(H,25,26);1H. The molecule has 0 spiro atoms. The molecular formula is C23H39IN6O. The largest absolute Gasteiger partial charge is 0.370 e. The van der Waals surface area contributed by atoms with Crippen LogP contribution in [0.5, 0.6) is 0 Å². The molecule has 3 rings (SSSR count). The number of hydrogen-bond acceptors (Lipinski definition) is 4. The number of rotatable bonds is 8. The van der Waals surface area contributed by atoms with Crippen LogP contribution in [0.3, 0.4) is 0 Å². The van der Waals surface area contributed by atoms with Gasteiger partial charge in [-0.1, -0.05) is 18.2 Å². The molecule has 2 aliphatic heterocycles. The van der Waals surface area contributed by atoms with Gasteiger partial charge in [0.2, 0.25) is 5.91 Å². The third-order valence-electron chi connectivity index (χ3n) is 6.20. The summed E-state index contributed by atoms with van der Waals surface area (Å²) in [6.07, 6.45) is 4.97. The van der Waals surface area contributed by atoms with Crippen molar-refractivity contribution in [3.05, 3.63) is 30.3 Å². The zero-order valence-corrected chi connectivity index (χ0v) is 21.2. The molecule has 0 radical (unpaired) electrons. The van der Waals surface area contributed by atoms with E-state index < -0.39 is 0 Å². The number of anilines is 1. The minimum absolute atomic E-state index is 0. The Morgan fingerprint density at radius 1 is 1.13 bits per heavy atom. The number of nitrogens with two attached hydrogens (primary N) is 1. The Hall–Kier alpha value is -1.55. The molecule has 0 aromatic heterocycles. The van der Waals surface area contributed by atoms with E-state index >= 15 is 0 Å². The van der Waals surface area contributed by atoms with Gasteiger partial charge in [-0.2, -0.15) is 0 Å². The number of aliphatic imine (C=N–C) groups is 1. The predicted octanol–water partition coefficient (Wildman–Crippen LogP) is 2.37. The number of piperidine rings is 1. The van der Waals surface area contributed by atoms with E-state index in [1.807, 2.05) is 7.05 Å².